The lowest BCUT2D eigenvalue weighted by molar-refractivity contribution is -0.127. The maximum absolute atomic E-state index is 12.0. The highest BCUT2D eigenvalue weighted by atomic mass is 16.2. The van der Waals surface area contributed by atoms with Crippen molar-refractivity contribution >= 4 is 11.8 Å². The van der Waals surface area contributed by atoms with E-state index in [0.717, 1.165) is 5.56 Å². The van der Waals surface area contributed by atoms with Gasteiger partial charge in [0, 0.05) is 6.54 Å². The van der Waals surface area contributed by atoms with Crippen LogP contribution in [0, 0.1) is 6.92 Å². The fourth-order valence-corrected chi connectivity index (χ4v) is 2.09. The van der Waals surface area contributed by atoms with Crippen molar-refractivity contribution in [2.75, 3.05) is 13.1 Å². The predicted octanol–water partition coefficient (Wildman–Crippen LogP) is 0.260. The van der Waals surface area contributed by atoms with Gasteiger partial charge in [-0.2, -0.15) is 0 Å². The van der Waals surface area contributed by atoms with Crippen molar-refractivity contribution in [1.82, 2.24) is 16.0 Å². The van der Waals surface area contributed by atoms with Crippen LogP contribution >= 0.6 is 0 Å². The largest absolute Gasteiger partial charge is 0.353 e. The van der Waals surface area contributed by atoms with E-state index in [1.54, 1.807) is 0 Å². The average molecular weight is 261 g/mol. The molecule has 0 bridgehead atoms. The molecule has 1 aliphatic heterocycles. The summed E-state index contributed by atoms with van der Waals surface area (Å²) in [5.74, 6) is -0.162. The normalized spacial score (nSPS) is 20.5. The van der Waals surface area contributed by atoms with Gasteiger partial charge in [-0.05, 0) is 19.4 Å². The van der Waals surface area contributed by atoms with E-state index >= 15 is 0 Å². The Hall–Kier alpha value is -1.88. The monoisotopic (exact) mass is 261 g/mol. The van der Waals surface area contributed by atoms with Gasteiger partial charge in [0.1, 0.15) is 6.04 Å². The van der Waals surface area contributed by atoms with Gasteiger partial charge in [-0.15, -0.1) is 0 Å². The summed E-state index contributed by atoms with van der Waals surface area (Å²) in [5.41, 5.74) is 2.25. The van der Waals surface area contributed by atoms with Gasteiger partial charge in [-0.25, -0.2) is 0 Å². The highest BCUT2D eigenvalue weighted by Crippen LogP contribution is 2.13. The van der Waals surface area contributed by atoms with Crippen LogP contribution in [-0.4, -0.2) is 30.9 Å². The zero-order valence-electron chi connectivity index (χ0n) is 11.2. The number of carbonyl (C=O) groups excluding carboxylic acids is 2. The number of carbonyl (C=O) groups is 2. The number of hydrogen-bond donors (Lipinski definition) is 3. The third-order valence-corrected chi connectivity index (χ3v) is 3.23. The van der Waals surface area contributed by atoms with Gasteiger partial charge in [0.15, 0.2) is 0 Å². The van der Waals surface area contributed by atoms with Crippen LogP contribution in [-0.2, 0) is 9.59 Å². The number of aryl methyl sites for hydroxylation is 1. The first-order valence-electron chi connectivity index (χ1n) is 6.43. The Balaban J connectivity index is 1.93. The lowest BCUT2D eigenvalue weighted by atomic mass is 10.1. The first-order chi connectivity index (χ1) is 9.06. The van der Waals surface area contributed by atoms with E-state index in [1.165, 1.54) is 5.56 Å². The van der Waals surface area contributed by atoms with E-state index in [9.17, 15) is 9.59 Å². The summed E-state index contributed by atoms with van der Waals surface area (Å²) in [7, 11) is 0. The lowest BCUT2D eigenvalue weighted by Gasteiger charge is -2.25. The molecular weight excluding hydrogens is 242 g/mol. The van der Waals surface area contributed by atoms with Gasteiger partial charge in [-0.3, -0.25) is 14.9 Å². The maximum atomic E-state index is 12.0. The third-order valence-electron chi connectivity index (χ3n) is 3.23. The number of benzene rings is 1. The second kappa shape index (κ2) is 5.84. The molecule has 2 atom stereocenters. The molecule has 0 spiro atoms. The Morgan fingerprint density at radius 1 is 1.47 bits per heavy atom. The maximum Gasteiger partial charge on any atom is 0.239 e. The molecule has 19 heavy (non-hydrogen) atoms. The van der Waals surface area contributed by atoms with E-state index in [-0.39, 0.29) is 30.4 Å². The molecule has 102 valence electrons. The van der Waals surface area contributed by atoms with Gasteiger partial charge >= 0.3 is 0 Å². The van der Waals surface area contributed by atoms with Crippen LogP contribution in [0.15, 0.2) is 24.3 Å². The summed E-state index contributed by atoms with van der Waals surface area (Å²) >= 11 is 0. The number of hydrogen-bond acceptors (Lipinski definition) is 3. The van der Waals surface area contributed by atoms with Gasteiger partial charge in [-0.1, -0.05) is 29.8 Å². The first kappa shape index (κ1) is 13.5. The number of piperazine rings is 1. The summed E-state index contributed by atoms with van der Waals surface area (Å²) in [6, 6.07) is 7.65. The summed E-state index contributed by atoms with van der Waals surface area (Å²) in [6.07, 6.45) is 0. The molecule has 0 saturated carbocycles. The predicted molar refractivity (Wildman–Crippen MR) is 72.5 cm³/mol. The van der Waals surface area contributed by atoms with E-state index in [1.807, 2.05) is 32.0 Å². The van der Waals surface area contributed by atoms with Gasteiger partial charge in [0.2, 0.25) is 11.8 Å². The van der Waals surface area contributed by atoms with Crippen LogP contribution in [0.5, 0.6) is 0 Å². The second-order valence-electron chi connectivity index (χ2n) is 4.88. The molecule has 1 unspecified atom stereocenters. The van der Waals surface area contributed by atoms with Crippen LogP contribution in [0.4, 0.5) is 0 Å². The fraction of sp³-hybridized carbons (Fsp3) is 0.429. The minimum atomic E-state index is -0.357. The molecule has 1 aromatic carbocycles. The smallest absolute Gasteiger partial charge is 0.239 e. The Morgan fingerprint density at radius 3 is 2.89 bits per heavy atom. The van der Waals surface area contributed by atoms with E-state index in [0.29, 0.717) is 6.54 Å². The zero-order valence-corrected chi connectivity index (χ0v) is 11.2. The van der Waals surface area contributed by atoms with Crippen LogP contribution in [0.25, 0.3) is 0 Å². The van der Waals surface area contributed by atoms with Crippen LogP contribution in [0.3, 0.4) is 0 Å². The number of nitrogens with one attached hydrogen (secondary N) is 3. The van der Waals surface area contributed by atoms with Crippen molar-refractivity contribution in [3.63, 3.8) is 0 Å². The molecule has 0 radical (unpaired) electrons. The number of rotatable bonds is 3. The minimum absolute atomic E-state index is 0.0492. The molecule has 0 aromatic heterocycles. The Labute approximate surface area is 112 Å². The van der Waals surface area contributed by atoms with Crippen molar-refractivity contribution < 1.29 is 9.59 Å². The molecule has 2 amide bonds. The molecular formula is C14H19N3O2. The molecule has 1 fully saturated rings. The van der Waals surface area contributed by atoms with Crippen LogP contribution in [0.1, 0.15) is 24.1 Å². The van der Waals surface area contributed by atoms with Gasteiger partial charge in [0.25, 0.3) is 0 Å². The summed E-state index contributed by atoms with van der Waals surface area (Å²) in [4.78, 5) is 23.1. The Bertz CT molecular complexity index is 477. The van der Waals surface area contributed by atoms with E-state index in [2.05, 4.69) is 22.0 Å². The first-order valence-corrected chi connectivity index (χ1v) is 6.43. The van der Waals surface area contributed by atoms with Crippen molar-refractivity contribution in [3.8, 4) is 0 Å². The summed E-state index contributed by atoms with van der Waals surface area (Å²) in [5, 5.41) is 8.54. The topological polar surface area (TPSA) is 70.2 Å². The quantitative estimate of drug-likeness (QED) is 0.731. The van der Waals surface area contributed by atoms with E-state index < -0.39 is 0 Å². The zero-order chi connectivity index (χ0) is 13.8. The lowest BCUT2D eigenvalue weighted by Crippen LogP contribution is -2.58. The van der Waals surface area contributed by atoms with Gasteiger partial charge in [0.05, 0.1) is 12.6 Å². The minimum Gasteiger partial charge on any atom is -0.353 e. The summed E-state index contributed by atoms with van der Waals surface area (Å²) in [6.45, 7) is 4.51. The molecule has 3 N–H and O–H groups in total. The summed E-state index contributed by atoms with van der Waals surface area (Å²) < 4.78 is 0. The molecule has 5 nitrogen and oxygen atoms in total. The molecule has 1 aliphatic rings. The standard InChI is InChI=1S/C14H19N3O2/c1-9-4-3-5-11(6-9)10(2)17-14(19)12-7-16-13(18)8-15-12/h3-6,10,12,15H,7-8H2,1-2H3,(H,16,18)(H,17,19)/t10-,12?/m1/s1. The molecule has 1 aromatic rings. The van der Waals surface area contributed by atoms with E-state index in [4.69, 9.17) is 0 Å². The average Bonchev–Trinajstić information content (AvgIpc) is 2.39. The fourth-order valence-electron chi connectivity index (χ4n) is 2.09. The van der Waals surface area contributed by atoms with Crippen molar-refractivity contribution in [3.05, 3.63) is 35.4 Å². The van der Waals surface area contributed by atoms with Gasteiger partial charge < -0.3 is 10.6 Å². The number of amides is 2. The molecule has 0 aliphatic carbocycles. The SMILES string of the molecule is Cc1cccc([C@@H](C)NC(=O)C2CNC(=O)CN2)c1. The highest BCUT2D eigenvalue weighted by Gasteiger charge is 2.24. The molecule has 1 heterocycles. The molecule has 2 rings (SSSR count). The van der Waals surface area contributed by atoms with Crippen molar-refractivity contribution in [1.29, 1.82) is 0 Å². The van der Waals surface area contributed by atoms with Crippen LogP contribution < -0.4 is 16.0 Å². The highest BCUT2D eigenvalue weighted by molar-refractivity contribution is 5.86. The van der Waals surface area contributed by atoms with Crippen molar-refractivity contribution in [2.24, 2.45) is 0 Å². The van der Waals surface area contributed by atoms with Crippen LogP contribution in [0.2, 0.25) is 0 Å². The molecule has 1 saturated heterocycles. The Kier molecular flexibility index (Phi) is 4.16. The Morgan fingerprint density at radius 2 is 2.26 bits per heavy atom. The second-order valence-corrected chi connectivity index (χ2v) is 4.88. The van der Waals surface area contributed by atoms with Crippen molar-refractivity contribution in [2.45, 2.75) is 25.9 Å². The third kappa shape index (κ3) is 3.54. The molecule has 5 heteroatoms.